The molecule has 0 bridgehead atoms. The fourth-order valence-electron chi connectivity index (χ4n) is 6.10. The highest BCUT2D eigenvalue weighted by Gasteiger charge is 2.46. The lowest BCUT2D eigenvalue weighted by Crippen LogP contribution is -2.51. The quantitative estimate of drug-likeness (QED) is 0.353. The third-order valence-corrected chi connectivity index (χ3v) is 8.58. The van der Waals surface area contributed by atoms with E-state index in [0.29, 0.717) is 12.2 Å². The molecule has 0 radical (unpaired) electrons. The number of carbonyl (C=O) groups is 2. The number of hydrogen-bond donors (Lipinski definition) is 0. The molecule has 5 rings (SSSR count). The molecule has 0 N–H and O–H groups in total. The molecule has 0 aromatic heterocycles. The maximum atomic E-state index is 12.9. The Morgan fingerprint density at radius 2 is 2.03 bits per heavy atom. The van der Waals surface area contributed by atoms with Gasteiger partial charge in [-0.3, -0.25) is 0 Å². The lowest BCUT2D eigenvalue weighted by atomic mass is 9.62. The van der Waals surface area contributed by atoms with Gasteiger partial charge in [0, 0.05) is 28.9 Å². The van der Waals surface area contributed by atoms with Gasteiger partial charge in [0.1, 0.15) is 17.6 Å². The third-order valence-electron chi connectivity index (χ3n) is 8.35. The van der Waals surface area contributed by atoms with Crippen LogP contribution in [0.25, 0.3) is 0 Å². The average Bonchev–Trinajstić information content (AvgIpc) is 2.97. The Balaban J connectivity index is 1.55. The standard InChI is InChI=1S/C30H36ClNO4/c1-28(2,3)36-27(34)21-7-10-26-25(15-21)32(16-22-11-13-29(22,4)18-33)17-30(19-35-26)12-5-6-20-14-23(31)8-9-24(20)30/h7-10,14-15,18,22H,5-6,11-13,16-17,19H2,1-4H3/t22-,29+,30+/m1/s1. The summed E-state index contributed by atoms with van der Waals surface area (Å²) in [6.45, 7) is 9.75. The minimum absolute atomic E-state index is 0.190. The maximum Gasteiger partial charge on any atom is 0.338 e. The molecule has 36 heavy (non-hydrogen) atoms. The summed E-state index contributed by atoms with van der Waals surface area (Å²) >= 11 is 6.35. The van der Waals surface area contributed by atoms with E-state index in [1.54, 1.807) is 6.07 Å². The number of nitrogens with zero attached hydrogens (tertiary/aromatic N) is 1. The van der Waals surface area contributed by atoms with Crippen LogP contribution in [0.5, 0.6) is 5.75 Å². The second kappa shape index (κ2) is 9.09. The molecule has 1 fully saturated rings. The molecule has 5 nitrogen and oxygen atoms in total. The van der Waals surface area contributed by atoms with E-state index in [-0.39, 0.29) is 22.7 Å². The molecule has 192 valence electrons. The van der Waals surface area contributed by atoms with Crippen LogP contribution in [-0.2, 0) is 21.4 Å². The number of anilines is 1. The molecule has 1 saturated carbocycles. The highest BCUT2D eigenvalue weighted by Crippen LogP contribution is 2.49. The Labute approximate surface area is 219 Å². The molecule has 0 unspecified atom stereocenters. The summed E-state index contributed by atoms with van der Waals surface area (Å²) in [6.07, 6.45) is 6.16. The van der Waals surface area contributed by atoms with Crippen molar-refractivity contribution in [3.05, 3.63) is 58.1 Å². The number of esters is 1. The maximum absolute atomic E-state index is 12.9. The molecule has 3 aliphatic rings. The van der Waals surface area contributed by atoms with Gasteiger partial charge in [-0.1, -0.05) is 24.6 Å². The number of carbonyl (C=O) groups excluding carboxylic acids is 2. The van der Waals surface area contributed by atoms with Gasteiger partial charge in [0.05, 0.1) is 17.9 Å². The van der Waals surface area contributed by atoms with Crippen LogP contribution in [-0.4, -0.2) is 37.6 Å². The summed E-state index contributed by atoms with van der Waals surface area (Å²) in [7, 11) is 0. The Morgan fingerprint density at radius 1 is 1.22 bits per heavy atom. The molecular formula is C30H36ClNO4. The van der Waals surface area contributed by atoms with Crippen LogP contribution in [0.2, 0.25) is 5.02 Å². The summed E-state index contributed by atoms with van der Waals surface area (Å²) in [5.74, 6) is 0.687. The normalized spacial score (nSPS) is 27.2. The van der Waals surface area contributed by atoms with Crippen molar-refractivity contribution < 1.29 is 19.1 Å². The third kappa shape index (κ3) is 4.63. The number of aryl methyl sites for hydroxylation is 1. The van der Waals surface area contributed by atoms with Crippen LogP contribution in [0.1, 0.15) is 74.9 Å². The van der Waals surface area contributed by atoms with Crippen molar-refractivity contribution in [1.29, 1.82) is 0 Å². The molecule has 1 aliphatic heterocycles. The lowest BCUT2D eigenvalue weighted by molar-refractivity contribution is -0.123. The number of rotatable bonds is 4. The van der Waals surface area contributed by atoms with E-state index in [2.05, 4.69) is 24.0 Å². The van der Waals surface area contributed by atoms with E-state index >= 15 is 0 Å². The van der Waals surface area contributed by atoms with Crippen LogP contribution >= 0.6 is 11.6 Å². The van der Waals surface area contributed by atoms with Crippen molar-refractivity contribution in [3.63, 3.8) is 0 Å². The molecule has 6 heteroatoms. The summed E-state index contributed by atoms with van der Waals surface area (Å²) in [5, 5.41) is 0.763. The first kappa shape index (κ1) is 25.1. The first-order valence-electron chi connectivity index (χ1n) is 13.0. The van der Waals surface area contributed by atoms with Gasteiger partial charge in [-0.05, 0) is 100 Å². The molecule has 2 aromatic rings. The van der Waals surface area contributed by atoms with Gasteiger partial charge in [0.15, 0.2) is 0 Å². The lowest BCUT2D eigenvalue weighted by Gasteiger charge is -2.47. The highest BCUT2D eigenvalue weighted by atomic mass is 35.5. The fraction of sp³-hybridized carbons (Fsp3) is 0.533. The molecular weight excluding hydrogens is 474 g/mol. The second-order valence-electron chi connectivity index (χ2n) is 12.1. The zero-order chi connectivity index (χ0) is 25.7. The first-order chi connectivity index (χ1) is 17.0. The van der Waals surface area contributed by atoms with Crippen LogP contribution in [0.3, 0.4) is 0 Å². The zero-order valence-electron chi connectivity index (χ0n) is 21.7. The molecule has 0 amide bonds. The number of ether oxygens (including phenoxy) is 2. The highest BCUT2D eigenvalue weighted by molar-refractivity contribution is 6.30. The molecule has 1 heterocycles. The monoisotopic (exact) mass is 509 g/mol. The van der Waals surface area contributed by atoms with E-state index in [4.69, 9.17) is 21.1 Å². The van der Waals surface area contributed by atoms with Crippen molar-refractivity contribution in [2.75, 3.05) is 24.6 Å². The minimum Gasteiger partial charge on any atom is -0.490 e. The SMILES string of the molecule is CC(C)(C)OC(=O)c1ccc2c(c1)N(C[C@H]1CC[C@@]1(C)C=O)C[C@@]1(CCCc3cc(Cl)ccc31)CO2. The van der Waals surface area contributed by atoms with Gasteiger partial charge in [-0.25, -0.2) is 4.79 Å². The smallest absolute Gasteiger partial charge is 0.338 e. The summed E-state index contributed by atoms with van der Waals surface area (Å²) < 4.78 is 12.2. The topological polar surface area (TPSA) is 55.8 Å². The Hall–Kier alpha value is -2.53. The molecule has 3 atom stereocenters. The minimum atomic E-state index is -0.574. The van der Waals surface area contributed by atoms with Gasteiger partial charge in [-0.2, -0.15) is 0 Å². The van der Waals surface area contributed by atoms with Crippen LogP contribution in [0.15, 0.2) is 36.4 Å². The molecule has 2 aliphatic carbocycles. The largest absolute Gasteiger partial charge is 0.490 e. The van der Waals surface area contributed by atoms with Gasteiger partial charge in [0.2, 0.25) is 0 Å². The van der Waals surface area contributed by atoms with Gasteiger partial charge >= 0.3 is 5.97 Å². The molecule has 2 aromatic carbocycles. The molecule has 1 spiro atoms. The summed E-state index contributed by atoms with van der Waals surface area (Å²) in [6, 6.07) is 11.8. The zero-order valence-corrected chi connectivity index (χ0v) is 22.5. The van der Waals surface area contributed by atoms with Crippen molar-refractivity contribution in [1.82, 2.24) is 0 Å². The number of benzene rings is 2. The molecule has 0 saturated heterocycles. The predicted molar refractivity (Wildman–Crippen MR) is 142 cm³/mol. The number of halogens is 1. The fourth-order valence-corrected chi connectivity index (χ4v) is 6.30. The van der Waals surface area contributed by atoms with Crippen LogP contribution < -0.4 is 9.64 Å². The van der Waals surface area contributed by atoms with Gasteiger partial charge in [0.25, 0.3) is 0 Å². The van der Waals surface area contributed by atoms with E-state index in [9.17, 15) is 9.59 Å². The average molecular weight is 510 g/mol. The number of hydrogen-bond acceptors (Lipinski definition) is 5. The van der Waals surface area contributed by atoms with E-state index in [1.165, 1.54) is 11.1 Å². The Morgan fingerprint density at radius 3 is 2.72 bits per heavy atom. The second-order valence-corrected chi connectivity index (χ2v) is 12.6. The Bertz CT molecular complexity index is 1190. The van der Waals surface area contributed by atoms with Gasteiger partial charge in [-0.15, -0.1) is 0 Å². The van der Waals surface area contributed by atoms with Gasteiger partial charge < -0.3 is 19.2 Å². The first-order valence-corrected chi connectivity index (χ1v) is 13.4. The van der Waals surface area contributed by atoms with E-state index in [1.807, 2.05) is 39.0 Å². The van der Waals surface area contributed by atoms with E-state index in [0.717, 1.165) is 67.9 Å². The number of aldehydes is 1. The predicted octanol–water partition coefficient (Wildman–Crippen LogP) is 6.38. The number of fused-ring (bicyclic) bond motifs is 3. The summed E-state index contributed by atoms with van der Waals surface area (Å²) in [4.78, 5) is 27.2. The van der Waals surface area contributed by atoms with E-state index < -0.39 is 5.60 Å². The van der Waals surface area contributed by atoms with Crippen molar-refractivity contribution >= 4 is 29.5 Å². The van der Waals surface area contributed by atoms with Crippen molar-refractivity contribution in [2.45, 2.75) is 70.8 Å². The van der Waals surface area contributed by atoms with Crippen LogP contribution in [0, 0.1) is 11.3 Å². The van der Waals surface area contributed by atoms with Crippen molar-refractivity contribution in [3.8, 4) is 5.75 Å². The summed E-state index contributed by atoms with van der Waals surface area (Å²) in [5.41, 5.74) is 2.93. The Kier molecular flexibility index (Phi) is 6.35. The van der Waals surface area contributed by atoms with Crippen LogP contribution in [0.4, 0.5) is 5.69 Å². The van der Waals surface area contributed by atoms with Crippen molar-refractivity contribution in [2.24, 2.45) is 11.3 Å².